The number of nitrogens with zero attached hydrogens (tertiary/aromatic N) is 1. The second kappa shape index (κ2) is 4.86. The number of carbonyl (C=O) groups excluding carboxylic acids is 1. The molecule has 0 spiro atoms. The van der Waals surface area contributed by atoms with Crippen molar-refractivity contribution in [3.63, 3.8) is 0 Å². The summed E-state index contributed by atoms with van der Waals surface area (Å²) in [6.07, 6.45) is 1.01. The Hall–Kier alpha value is -1.95. The highest BCUT2D eigenvalue weighted by molar-refractivity contribution is 5.86. The smallest absolute Gasteiger partial charge is 0.329 e. The second-order valence-electron chi connectivity index (χ2n) is 5.36. The van der Waals surface area contributed by atoms with Crippen LogP contribution in [0.3, 0.4) is 0 Å². The molecule has 0 aliphatic carbocycles. The summed E-state index contributed by atoms with van der Waals surface area (Å²) in [6.45, 7) is 7.25. The summed E-state index contributed by atoms with van der Waals surface area (Å²) in [5.74, 6) is 5.81. The van der Waals surface area contributed by atoms with E-state index in [1.807, 2.05) is 20.8 Å². The van der Waals surface area contributed by atoms with Gasteiger partial charge in [-0.15, -0.1) is 4.91 Å². The third-order valence-electron chi connectivity index (χ3n) is 4.14. The van der Waals surface area contributed by atoms with Crippen molar-refractivity contribution in [3.8, 4) is 11.5 Å². The van der Waals surface area contributed by atoms with Crippen LogP contribution in [0, 0.1) is 25.7 Å². The molecule has 2 rings (SSSR count). The summed E-state index contributed by atoms with van der Waals surface area (Å²) in [5.41, 5.74) is 2.39. The van der Waals surface area contributed by atoms with Gasteiger partial charge >= 0.3 is 5.91 Å². The lowest BCUT2D eigenvalue weighted by Crippen LogP contribution is -2.43. The number of carbonyl (C=O) groups is 1. The zero-order chi connectivity index (χ0) is 15.1. The maximum Gasteiger partial charge on any atom is 0.329 e. The molecule has 6 nitrogen and oxygen atoms in total. The molecule has 20 heavy (non-hydrogen) atoms. The number of benzene rings is 1. The van der Waals surface area contributed by atoms with Crippen LogP contribution >= 0.6 is 0 Å². The highest BCUT2D eigenvalue weighted by atomic mass is 16.6. The van der Waals surface area contributed by atoms with Gasteiger partial charge in [0.2, 0.25) is 0 Å². The summed E-state index contributed by atoms with van der Waals surface area (Å²) >= 11 is 0. The van der Waals surface area contributed by atoms with Gasteiger partial charge in [0.05, 0.1) is 0 Å². The molecular formula is C14H18N2O4. The van der Waals surface area contributed by atoms with E-state index >= 15 is 0 Å². The molecule has 108 valence electrons. The van der Waals surface area contributed by atoms with Crippen molar-refractivity contribution < 1.29 is 14.4 Å². The first kappa shape index (κ1) is 14.5. The molecule has 1 aliphatic rings. The van der Waals surface area contributed by atoms with Gasteiger partial charge < -0.3 is 9.57 Å². The van der Waals surface area contributed by atoms with Gasteiger partial charge in [0.25, 0.3) is 0 Å². The van der Waals surface area contributed by atoms with Crippen molar-refractivity contribution in [3.05, 3.63) is 27.2 Å². The van der Waals surface area contributed by atoms with E-state index in [1.165, 1.54) is 0 Å². The number of hydrogen-bond donors (Lipinski definition) is 1. The molecule has 0 saturated carbocycles. The molecule has 0 fully saturated rings. The van der Waals surface area contributed by atoms with Crippen molar-refractivity contribution >= 4 is 5.91 Å². The van der Waals surface area contributed by atoms with Gasteiger partial charge in [-0.1, -0.05) is 0 Å². The van der Waals surface area contributed by atoms with Crippen molar-refractivity contribution in [1.82, 2.24) is 0 Å². The van der Waals surface area contributed by atoms with Crippen molar-refractivity contribution in [2.45, 2.75) is 46.1 Å². The molecule has 1 amide bonds. The molecule has 2 N–H and O–H groups in total. The number of amides is 1. The average Bonchev–Trinajstić information content (AvgIpc) is 2.44. The topological polar surface area (TPSA) is 91.0 Å². The van der Waals surface area contributed by atoms with Crippen LogP contribution in [-0.2, 0) is 11.2 Å². The maximum atomic E-state index is 11.7. The van der Waals surface area contributed by atoms with Crippen LogP contribution in [0.15, 0.2) is 5.18 Å². The molecular weight excluding hydrogens is 260 g/mol. The molecule has 1 aromatic rings. The largest absolute Gasteiger partial charge is 0.477 e. The highest BCUT2D eigenvalue weighted by Gasteiger charge is 2.41. The van der Waals surface area contributed by atoms with Crippen LogP contribution in [0.4, 0.5) is 0 Å². The van der Waals surface area contributed by atoms with Gasteiger partial charge in [-0.3, -0.25) is 4.79 Å². The fourth-order valence-electron chi connectivity index (χ4n) is 2.66. The van der Waals surface area contributed by atoms with E-state index in [0.717, 1.165) is 22.3 Å². The third kappa shape index (κ3) is 1.96. The lowest BCUT2D eigenvalue weighted by atomic mass is 9.87. The van der Waals surface area contributed by atoms with Gasteiger partial charge in [-0.2, -0.15) is 5.90 Å². The summed E-state index contributed by atoms with van der Waals surface area (Å²) in [5, 5.41) is 2.51. The Balaban J connectivity index is 2.59. The molecule has 0 bridgehead atoms. The van der Waals surface area contributed by atoms with E-state index in [4.69, 9.17) is 15.5 Å². The molecule has 0 unspecified atom stereocenters. The van der Waals surface area contributed by atoms with E-state index in [0.29, 0.717) is 24.3 Å². The van der Waals surface area contributed by atoms with Crippen molar-refractivity contribution in [1.29, 1.82) is 0 Å². The molecule has 1 aliphatic heterocycles. The van der Waals surface area contributed by atoms with Gasteiger partial charge in [0.15, 0.2) is 11.4 Å². The summed E-state index contributed by atoms with van der Waals surface area (Å²) in [4.78, 5) is 27.1. The number of nitroso groups, excluding NO2 is 1. The van der Waals surface area contributed by atoms with Crippen molar-refractivity contribution in [2.75, 3.05) is 0 Å². The summed E-state index contributed by atoms with van der Waals surface area (Å²) < 4.78 is 5.82. The predicted molar refractivity (Wildman–Crippen MR) is 73.6 cm³/mol. The zero-order valence-corrected chi connectivity index (χ0v) is 12.1. The molecule has 1 atom stereocenters. The van der Waals surface area contributed by atoms with E-state index < -0.39 is 11.5 Å². The summed E-state index contributed by atoms with van der Waals surface area (Å²) in [7, 11) is 0. The Morgan fingerprint density at radius 1 is 1.30 bits per heavy atom. The monoisotopic (exact) mass is 278 g/mol. The minimum absolute atomic E-state index is 0.401. The predicted octanol–water partition coefficient (Wildman–Crippen LogP) is 2.24. The van der Waals surface area contributed by atoms with Crippen LogP contribution in [0.5, 0.6) is 11.5 Å². The fraction of sp³-hybridized carbons (Fsp3) is 0.500. The van der Waals surface area contributed by atoms with Crippen LogP contribution < -0.4 is 15.5 Å². The minimum Gasteiger partial charge on any atom is -0.477 e. The summed E-state index contributed by atoms with van der Waals surface area (Å²) in [6, 6.07) is 0. The zero-order valence-electron chi connectivity index (χ0n) is 12.1. The number of fused-ring (bicyclic) bond motifs is 1. The first-order valence-corrected chi connectivity index (χ1v) is 6.42. The molecule has 0 saturated heterocycles. The van der Waals surface area contributed by atoms with Crippen LogP contribution in [0.2, 0.25) is 0 Å². The van der Waals surface area contributed by atoms with Gasteiger partial charge in [0, 0.05) is 28.3 Å². The first-order chi connectivity index (χ1) is 9.35. The molecule has 1 aromatic carbocycles. The van der Waals surface area contributed by atoms with Crippen LogP contribution in [0.1, 0.15) is 35.6 Å². The molecule has 0 aromatic heterocycles. The quantitative estimate of drug-likeness (QED) is 0.661. The number of ether oxygens (including phenoxy) is 1. The SMILES string of the molecule is Cc1c(C)c2c(c(C)c1ON)CC[C@@](C)(C(=O)N=O)O2. The Morgan fingerprint density at radius 3 is 2.50 bits per heavy atom. The van der Waals surface area contributed by atoms with E-state index in [9.17, 15) is 9.70 Å². The number of rotatable bonds is 2. The second-order valence-corrected chi connectivity index (χ2v) is 5.36. The first-order valence-electron chi connectivity index (χ1n) is 6.42. The Labute approximate surface area is 117 Å². The van der Waals surface area contributed by atoms with Gasteiger partial charge in [-0.25, -0.2) is 0 Å². The molecule has 0 radical (unpaired) electrons. The van der Waals surface area contributed by atoms with Gasteiger partial charge in [-0.05, 0) is 39.7 Å². The van der Waals surface area contributed by atoms with Crippen LogP contribution in [-0.4, -0.2) is 11.5 Å². The Bertz CT molecular complexity index is 598. The normalized spacial score (nSPS) is 20.9. The number of nitrogens with two attached hydrogens (primary N) is 1. The maximum absolute atomic E-state index is 11.7. The van der Waals surface area contributed by atoms with Crippen molar-refractivity contribution in [2.24, 2.45) is 11.1 Å². The Kier molecular flexibility index (Phi) is 3.52. The lowest BCUT2D eigenvalue weighted by molar-refractivity contribution is -0.133. The Morgan fingerprint density at radius 2 is 1.95 bits per heavy atom. The standard InChI is InChI=1S/C14H18N2O4/c1-7-8(2)12-10(9(3)11(7)20-15)5-6-14(4,19-12)13(17)16-18/h5-6,15H2,1-4H3/t14-/m0/s1. The molecule has 6 heteroatoms. The minimum atomic E-state index is -1.19. The third-order valence-corrected chi connectivity index (χ3v) is 4.14. The van der Waals surface area contributed by atoms with E-state index in [1.54, 1.807) is 6.92 Å². The van der Waals surface area contributed by atoms with Gasteiger partial charge in [0.1, 0.15) is 5.75 Å². The molecule has 1 heterocycles. The van der Waals surface area contributed by atoms with Crippen LogP contribution in [0.25, 0.3) is 0 Å². The highest BCUT2D eigenvalue weighted by Crippen LogP contribution is 2.43. The van der Waals surface area contributed by atoms with E-state index in [2.05, 4.69) is 5.18 Å². The fourth-order valence-corrected chi connectivity index (χ4v) is 2.66. The number of hydrogen-bond acceptors (Lipinski definition) is 5. The average molecular weight is 278 g/mol. The lowest BCUT2D eigenvalue weighted by Gasteiger charge is -2.34. The van der Waals surface area contributed by atoms with E-state index in [-0.39, 0.29) is 0 Å².